The van der Waals surface area contributed by atoms with Crippen molar-refractivity contribution in [3.8, 4) is 0 Å². The third kappa shape index (κ3) is 1.21. The van der Waals surface area contributed by atoms with Gasteiger partial charge in [0.2, 0.25) is 0 Å². The molecule has 0 saturated carbocycles. The predicted molar refractivity (Wildman–Crippen MR) is 36.6 cm³/mol. The quantitative estimate of drug-likeness (QED) is 0.496. The van der Waals surface area contributed by atoms with Crippen LogP contribution in [0.5, 0.6) is 0 Å². The molecule has 10 heavy (non-hydrogen) atoms. The minimum atomic E-state index is -0.794. The summed E-state index contributed by atoms with van der Waals surface area (Å²) in [4.78, 5) is 0. The summed E-state index contributed by atoms with van der Waals surface area (Å²) in [5, 5.41) is 18.2. The first kappa shape index (κ1) is 7.72. The van der Waals surface area contributed by atoms with Crippen molar-refractivity contribution in [1.82, 2.24) is 0 Å². The number of hydrogen-bond donors (Lipinski definition) is 2. The number of aliphatic hydroxyl groups excluding tert-OH is 2. The van der Waals surface area contributed by atoms with Crippen molar-refractivity contribution in [3.63, 3.8) is 0 Å². The maximum atomic E-state index is 9.19. The average molecular weight is 144 g/mol. The first-order valence-electron chi connectivity index (χ1n) is 3.26. The molecule has 3 heteroatoms. The summed E-state index contributed by atoms with van der Waals surface area (Å²) in [5.74, 6) is 0. The largest absolute Gasteiger partial charge is 0.388 e. The van der Waals surface area contributed by atoms with E-state index in [1.54, 1.807) is 6.92 Å². The van der Waals surface area contributed by atoms with Gasteiger partial charge in [-0.2, -0.15) is 0 Å². The van der Waals surface area contributed by atoms with Crippen molar-refractivity contribution in [3.05, 3.63) is 12.2 Å². The molecule has 1 aliphatic heterocycles. The Hall–Kier alpha value is -0.380. The average Bonchev–Trinajstić information content (AvgIpc) is 2.14. The van der Waals surface area contributed by atoms with Gasteiger partial charge in [0.05, 0.1) is 6.61 Å². The zero-order valence-electron chi connectivity index (χ0n) is 5.95. The van der Waals surface area contributed by atoms with Crippen LogP contribution in [-0.2, 0) is 4.74 Å². The van der Waals surface area contributed by atoms with Crippen LogP contribution in [0.3, 0.4) is 0 Å². The lowest BCUT2D eigenvalue weighted by Crippen LogP contribution is -2.30. The van der Waals surface area contributed by atoms with E-state index in [9.17, 15) is 5.11 Å². The minimum absolute atomic E-state index is 0.207. The highest BCUT2D eigenvalue weighted by Gasteiger charge is 2.34. The molecule has 0 spiro atoms. The number of aliphatic hydroxyl groups is 2. The van der Waals surface area contributed by atoms with E-state index in [2.05, 4.69) is 6.58 Å². The summed E-state index contributed by atoms with van der Waals surface area (Å²) in [7, 11) is 0. The van der Waals surface area contributed by atoms with Crippen LogP contribution in [0.2, 0.25) is 0 Å². The second-order valence-electron chi connectivity index (χ2n) is 2.66. The Bertz CT molecular complexity index is 144. The molecule has 1 heterocycles. The maximum Gasteiger partial charge on any atom is 0.112 e. The van der Waals surface area contributed by atoms with Gasteiger partial charge in [-0.05, 0) is 12.5 Å². The first-order chi connectivity index (χ1) is 4.63. The van der Waals surface area contributed by atoms with Gasteiger partial charge in [-0.1, -0.05) is 6.58 Å². The van der Waals surface area contributed by atoms with Crippen molar-refractivity contribution >= 4 is 0 Å². The Balaban J connectivity index is 2.57. The Morgan fingerprint density at radius 1 is 1.60 bits per heavy atom. The Morgan fingerprint density at radius 3 is 2.40 bits per heavy atom. The third-order valence-corrected chi connectivity index (χ3v) is 1.64. The molecule has 58 valence electrons. The second kappa shape index (κ2) is 2.70. The molecule has 0 amide bonds. The molecule has 0 aromatic rings. The van der Waals surface area contributed by atoms with Gasteiger partial charge in [-0.25, -0.2) is 0 Å². The SMILES string of the molecule is C=C(C)[C@H]1OC[C@H](O)[C@H]1O. The lowest BCUT2D eigenvalue weighted by molar-refractivity contribution is 0.0384. The highest BCUT2D eigenvalue weighted by atomic mass is 16.5. The smallest absolute Gasteiger partial charge is 0.112 e. The fraction of sp³-hybridized carbons (Fsp3) is 0.714. The summed E-state index contributed by atoms with van der Waals surface area (Å²) < 4.78 is 5.04. The lowest BCUT2D eigenvalue weighted by atomic mass is 10.1. The van der Waals surface area contributed by atoms with Crippen LogP contribution in [0, 0.1) is 0 Å². The molecule has 3 nitrogen and oxygen atoms in total. The normalized spacial score (nSPS) is 40.1. The molecule has 0 bridgehead atoms. The van der Waals surface area contributed by atoms with Gasteiger partial charge in [0.15, 0.2) is 0 Å². The van der Waals surface area contributed by atoms with Crippen LogP contribution in [0.4, 0.5) is 0 Å². The summed E-state index contributed by atoms with van der Waals surface area (Å²) in [6.45, 7) is 5.60. The topological polar surface area (TPSA) is 49.7 Å². The summed E-state index contributed by atoms with van der Waals surface area (Å²) >= 11 is 0. The predicted octanol–water partition coefficient (Wildman–Crippen LogP) is -0.317. The monoisotopic (exact) mass is 144 g/mol. The van der Waals surface area contributed by atoms with E-state index in [0.717, 1.165) is 5.57 Å². The highest BCUT2D eigenvalue weighted by Crippen LogP contribution is 2.19. The minimum Gasteiger partial charge on any atom is -0.388 e. The van der Waals surface area contributed by atoms with E-state index < -0.39 is 12.2 Å². The molecule has 1 rings (SSSR count). The fourth-order valence-electron chi connectivity index (χ4n) is 1.03. The van der Waals surface area contributed by atoms with E-state index in [1.807, 2.05) is 0 Å². The second-order valence-corrected chi connectivity index (χ2v) is 2.66. The number of rotatable bonds is 1. The molecule has 1 aliphatic rings. The molecule has 3 atom stereocenters. The zero-order chi connectivity index (χ0) is 7.72. The van der Waals surface area contributed by atoms with Gasteiger partial charge >= 0.3 is 0 Å². The Morgan fingerprint density at radius 2 is 2.20 bits per heavy atom. The molecule has 0 radical (unpaired) electrons. The Labute approximate surface area is 59.9 Å². The standard InChI is InChI=1S/C7H12O3/c1-4(2)7-6(9)5(8)3-10-7/h5-9H,1,3H2,2H3/t5-,6+,7+/m0/s1. The van der Waals surface area contributed by atoms with Crippen molar-refractivity contribution in [2.75, 3.05) is 6.61 Å². The maximum absolute atomic E-state index is 9.19. The molecule has 0 unspecified atom stereocenters. The van der Waals surface area contributed by atoms with E-state index in [1.165, 1.54) is 0 Å². The van der Waals surface area contributed by atoms with Crippen molar-refractivity contribution < 1.29 is 14.9 Å². The van der Waals surface area contributed by atoms with E-state index in [0.29, 0.717) is 0 Å². The third-order valence-electron chi connectivity index (χ3n) is 1.64. The number of ether oxygens (including phenoxy) is 1. The fourth-order valence-corrected chi connectivity index (χ4v) is 1.03. The zero-order valence-corrected chi connectivity index (χ0v) is 5.95. The van der Waals surface area contributed by atoms with Crippen molar-refractivity contribution in [2.24, 2.45) is 0 Å². The van der Waals surface area contributed by atoms with E-state index in [4.69, 9.17) is 9.84 Å². The molecule has 2 N–H and O–H groups in total. The van der Waals surface area contributed by atoms with Gasteiger partial charge in [0, 0.05) is 0 Å². The molecule has 0 aliphatic carbocycles. The molecular formula is C7H12O3. The van der Waals surface area contributed by atoms with Gasteiger partial charge in [0.1, 0.15) is 18.3 Å². The molecule has 1 fully saturated rings. The van der Waals surface area contributed by atoms with Crippen LogP contribution in [0.15, 0.2) is 12.2 Å². The van der Waals surface area contributed by atoms with Crippen LogP contribution < -0.4 is 0 Å². The first-order valence-corrected chi connectivity index (χ1v) is 3.26. The van der Waals surface area contributed by atoms with Crippen LogP contribution in [-0.4, -0.2) is 35.1 Å². The summed E-state index contributed by atoms with van der Waals surface area (Å²) in [5.41, 5.74) is 0.754. The Kier molecular flexibility index (Phi) is 2.08. The molecule has 0 aromatic carbocycles. The van der Waals surface area contributed by atoms with Gasteiger partial charge in [-0.15, -0.1) is 0 Å². The lowest BCUT2D eigenvalue weighted by Gasteiger charge is -2.13. The molecule has 0 aromatic heterocycles. The van der Waals surface area contributed by atoms with Crippen LogP contribution in [0.1, 0.15) is 6.92 Å². The highest BCUT2D eigenvalue weighted by molar-refractivity contribution is 5.05. The van der Waals surface area contributed by atoms with Crippen molar-refractivity contribution in [1.29, 1.82) is 0 Å². The molecule has 1 saturated heterocycles. The number of hydrogen-bond acceptors (Lipinski definition) is 3. The molecular weight excluding hydrogens is 132 g/mol. The van der Waals surface area contributed by atoms with E-state index >= 15 is 0 Å². The van der Waals surface area contributed by atoms with Gasteiger partial charge < -0.3 is 14.9 Å². The van der Waals surface area contributed by atoms with Crippen LogP contribution >= 0.6 is 0 Å². The van der Waals surface area contributed by atoms with Gasteiger partial charge in [0.25, 0.3) is 0 Å². The van der Waals surface area contributed by atoms with Gasteiger partial charge in [-0.3, -0.25) is 0 Å². The van der Waals surface area contributed by atoms with Crippen molar-refractivity contribution in [2.45, 2.75) is 25.2 Å². The summed E-state index contributed by atoms with van der Waals surface area (Å²) in [6, 6.07) is 0. The van der Waals surface area contributed by atoms with Crippen LogP contribution in [0.25, 0.3) is 0 Å². The summed E-state index contributed by atoms with van der Waals surface area (Å²) in [6.07, 6.45) is -1.92. The van der Waals surface area contributed by atoms with E-state index in [-0.39, 0.29) is 12.7 Å².